The van der Waals surface area contributed by atoms with Gasteiger partial charge in [0.1, 0.15) is 4.91 Å². The smallest absolute Gasteiger partial charge is 0.294 e. The molecule has 1 aromatic carbocycles. The zero-order valence-electron chi connectivity index (χ0n) is 11.8. The van der Waals surface area contributed by atoms with Crippen LogP contribution in [0.2, 0.25) is 0 Å². The predicted octanol–water partition coefficient (Wildman–Crippen LogP) is 4.17. The van der Waals surface area contributed by atoms with Crippen LogP contribution in [0.15, 0.2) is 51.6 Å². The molecule has 2 rings (SSSR count). The quantitative estimate of drug-likeness (QED) is 0.769. The van der Waals surface area contributed by atoms with E-state index in [-0.39, 0.29) is 4.90 Å². The van der Waals surface area contributed by atoms with E-state index in [4.69, 9.17) is 0 Å². The van der Waals surface area contributed by atoms with Crippen LogP contribution in [0, 0.1) is 0 Å². The van der Waals surface area contributed by atoms with Gasteiger partial charge in [-0.2, -0.15) is 13.2 Å². The molecular formula is C15H11F3O3S2. The lowest BCUT2D eigenvalue weighted by molar-refractivity contribution is -0.137. The minimum absolute atomic E-state index is 0.358. The van der Waals surface area contributed by atoms with Crippen LogP contribution < -0.4 is 0 Å². The molecule has 0 radical (unpaired) electrons. The number of rotatable bonds is 4. The Morgan fingerprint density at radius 1 is 1.13 bits per heavy atom. The van der Waals surface area contributed by atoms with Crippen molar-refractivity contribution in [3.8, 4) is 0 Å². The summed E-state index contributed by atoms with van der Waals surface area (Å²) >= 11 is 1.24. The van der Waals surface area contributed by atoms with E-state index in [0.717, 1.165) is 19.1 Å². The lowest BCUT2D eigenvalue weighted by Gasteiger charge is -2.09. The number of allylic oxidation sites excluding steroid dienone is 1. The number of benzene rings is 1. The van der Waals surface area contributed by atoms with E-state index in [1.807, 2.05) is 0 Å². The van der Waals surface area contributed by atoms with Crippen LogP contribution in [0.1, 0.15) is 17.4 Å². The van der Waals surface area contributed by atoms with Crippen LogP contribution in [-0.2, 0) is 20.8 Å². The molecule has 0 aliphatic heterocycles. The van der Waals surface area contributed by atoms with Gasteiger partial charge in [-0.1, -0.05) is 6.07 Å². The molecule has 0 amide bonds. The number of halogens is 3. The minimum atomic E-state index is -4.56. The molecule has 0 saturated carbocycles. The first-order valence-corrected chi connectivity index (χ1v) is 8.67. The average Bonchev–Trinajstić information content (AvgIpc) is 2.96. The van der Waals surface area contributed by atoms with Crippen molar-refractivity contribution in [2.45, 2.75) is 18.0 Å². The number of Topliss-reactive ketones (excluding diaryl/α,β-unsaturated/α-hetero) is 1. The average molecular weight is 360 g/mol. The van der Waals surface area contributed by atoms with Gasteiger partial charge in [-0.25, -0.2) is 8.42 Å². The first-order valence-electron chi connectivity index (χ1n) is 6.31. The molecule has 0 fully saturated rings. The van der Waals surface area contributed by atoms with Gasteiger partial charge in [-0.15, -0.1) is 11.3 Å². The third kappa shape index (κ3) is 3.89. The summed E-state index contributed by atoms with van der Waals surface area (Å²) in [6, 6.07) is 6.38. The number of ketones is 1. The molecule has 2 aromatic rings. The Kier molecular flexibility index (Phi) is 4.76. The lowest BCUT2D eigenvalue weighted by atomic mass is 10.2. The summed E-state index contributed by atoms with van der Waals surface area (Å²) in [6.07, 6.45) is -3.33. The fourth-order valence-electron chi connectivity index (χ4n) is 1.82. The molecule has 8 heteroatoms. The van der Waals surface area contributed by atoms with Crippen molar-refractivity contribution >= 4 is 33.0 Å². The molecule has 0 aliphatic rings. The molecule has 122 valence electrons. The topological polar surface area (TPSA) is 51.2 Å². The van der Waals surface area contributed by atoms with Gasteiger partial charge in [-0.3, -0.25) is 4.79 Å². The van der Waals surface area contributed by atoms with Crippen molar-refractivity contribution in [2.24, 2.45) is 0 Å². The summed E-state index contributed by atoms with van der Waals surface area (Å²) in [5.41, 5.74) is -0.955. The van der Waals surface area contributed by atoms with E-state index < -0.39 is 32.3 Å². The van der Waals surface area contributed by atoms with E-state index in [2.05, 4.69) is 0 Å². The summed E-state index contributed by atoms with van der Waals surface area (Å²) in [6.45, 7) is 1.10. The Balaban J connectivity index is 2.49. The van der Waals surface area contributed by atoms with Gasteiger partial charge in [-0.05, 0) is 48.7 Å². The van der Waals surface area contributed by atoms with Gasteiger partial charge < -0.3 is 0 Å². The van der Waals surface area contributed by atoms with Crippen LogP contribution >= 0.6 is 11.3 Å². The van der Waals surface area contributed by atoms with Crippen molar-refractivity contribution in [3.63, 3.8) is 0 Å². The van der Waals surface area contributed by atoms with Gasteiger partial charge >= 0.3 is 6.18 Å². The third-order valence-corrected chi connectivity index (χ3v) is 5.64. The van der Waals surface area contributed by atoms with Crippen LogP contribution in [0.3, 0.4) is 0 Å². The highest BCUT2D eigenvalue weighted by molar-refractivity contribution is 7.96. The van der Waals surface area contributed by atoms with Gasteiger partial charge in [0.25, 0.3) is 0 Å². The predicted molar refractivity (Wildman–Crippen MR) is 81.6 cm³/mol. The number of sulfone groups is 1. The largest absolute Gasteiger partial charge is 0.416 e. The van der Waals surface area contributed by atoms with Crippen molar-refractivity contribution < 1.29 is 26.4 Å². The van der Waals surface area contributed by atoms with Gasteiger partial charge in [0, 0.05) is 4.88 Å². The van der Waals surface area contributed by atoms with E-state index in [1.54, 1.807) is 17.5 Å². The fourth-order valence-corrected chi connectivity index (χ4v) is 3.96. The normalized spacial score (nSPS) is 13.1. The Labute approximate surface area is 135 Å². The van der Waals surface area contributed by atoms with Gasteiger partial charge in [0.15, 0.2) is 5.78 Å². The summed E-state index contributed by atoms with van der Waals surface area (Å²) in [4.78, 5) is 11.4. The first kappa shape index (κ1) is 17.4. The molecule has 3 nitrogen and oxygen atoms in total. The summed E-state index contributed by atoms with van der Waals surface area (Å²) < 4.78 is 62.6. The van der Waals surface area contributed by atoms with Crippen LogP contribution in [-0.4, -0.2) is 14.2 Å². The zero-order chi connectivity index (χ0) is 17.3. The van der Waals surface area contributed by atoms with Crippen LogP contribution in [0.5, 0.6) is 0 Å². The number of carbonyl (C=O) groups is 1. The zero-order valence-corrected chi connectivity index (χ0v) is 13.4. The van der Waals surface area contributed by atoms with E-state index in [1.165, 1.54) is 17.4 Å². The lowest BCUT2D eigenvalue weighted by Crippen LogP contribution is -2.12. The second-order valence-electron chi connectivity index (χ2n) is 4.61. The van der Waals surface area contributed by atoms with E-state index in [9.17, 15) is 26.4 Å². The number of carbonyl (C=O) groups excluding carboxylic acids is 1. The third-order valence-electron chi connectivity index (χ3n) is 2.94. The SMILES string of the molecule is CC(=O)/C(=C\c1cccs1)S(=O)(=O)c1ccc(C(F)(F)F)cc1. The maximum Gasteiger partial charge on any atom is 0.416 e. The van der Waals surface area contributed by atoms with Crippen LogP contribution in [0.25, 0.3) is 6.08 Å². The monoisotopic (exact) mass is 360 g/mol. The van der Waals surface area contributed by atoms with Crippen molar-refractivity contribution in [2.75, 3.05) is 0 Å². The highest BCUT2D eigenvalue weighted by Crippen LogP contribution is 2.31. The van der Waals surface area contributed by atoms with E-state index >= 15 is 0 Å². The Hall–Kier alpha value is -1.93. The maximum absolute atomic E-state index is 12.5. The van der Waals surface area contributed by atoms with Gasteiger partial charge in [0.2, 0.25) is 9.84 Å². The fraction of sp³-hybridized carbons (Fsp3) is 0.133. The molecule has 0 atom stereocenters. The number of alkyl halides is 3. The molecule has 23 heavy (non-hydrogen) atoms. The molecule has 1 aromatic heterocycles. The summed E-state index contributed by atoms with van der Waals surface area (Å²) in [7, 11) is -4.19. The standard InChI is InChI=1S/C15H11F3O3S2/c1-10(19)14(9-12-3-2-8-22-12)23(20,21)13-6-4-11(5-7-13)15(16,17)18/h2-9H,1H3/b14-9+. The second-order valence-corrected chi connectivity index (χ2v) is 7.50. The first-order chi connectivity index (χ1) is 10.6. The number of thiophene rings is 1. The summed E-state index contributed by atoms with van der Waals surface area (Å²) in [5.74, 6) is -0.682. The molecule has 0 saturated heterocycles. The van der Waals surface area contributed by atoms with Crippen molar-refractivity contribution in [1.82, 2.24) is 0 Å². The molecule has 1 heterocycles. The Morgan fingerprint density at radius 2 is 1.74 bits per heavy atom. The number of hydrogen-bond donors (Lipinski definition) is 0. The highest BCUT2D eigenvalue weighted by Gasteiger charge is 2.31. The number of hydrogen-bond acceptors (Lipinski definition) is 4. The summed E-state index contributed by atoms with van der Waals surface area (Å²) in [5, 5.41) is 1.72. The second kappa shape index (κ2) is 6.29. The molecule has 0 N–H and O–H groups in total. The minimum Gasteiger partial charge on any atom is -0.294 e. The molecule has 0 unspecified atom stereocenters. The van der Waals surface area contributed by atoms with Crippen LogP contribution in [0.4, 0.5) is 13.2 Å². The highest BCUT2D eigenvalue weighted by atomic mass is 32.2. The Bertz CT molecular complexity index is 831. The maximum atomic E-state index is 12.5. The van der Waals surface area contributed by atoms with Crippen molar-refractivity contribution in [1.29, 1.82) is 0 Å². The molecule has 0 spiro atoms. The molecular weight excluding hydrogens is 349 g/mol. The Morgan fingerprint density at radius 3 is 2.17 bits per heavy atom. The van der Waals surface area contributed by atoms with Gasteiger partial charge in [0.05, 0.1) is 10.5 Å². The van der Waals surface area contributed by atoms with E-state index in [0.29, 0.717) is 17.0 Å². The van der Waals surface area contributed by atoms with Crippen molar-refractivity contribution in [3.05, 3.63) is 57.1 Å². The molecule has 0 aliphatic carbocycles. The molecule has 0 bridgehead atoms.